The Kier molecular flexibility index (Phi) is 11.5. The molecule has 0 aliphatic heterocycles. The van der Waals surface area contributed by atoms with Gasteiger partial charge in [0.05, 0.1) is 0 Å². The standard InChI is InChI=1S/C22H40/c1-4-7-9-10-11-12-14-20-16-18-22(19-17-20)21(13-6-3)15-8-5-2/h16,18,21H,4-15,17,19H2,1-3H3. The minimum absolute atomic E-state index is 0.872. The maximum atomic E-state index is 2.49. The van der Waals surface area contributed by atoms with Gasteiger partial charge in [-0.2, -0.15) is 0 Å². The molecule has 0 amide bonds. The second-order valence-electron chi connectivity index (χ2n) is 7.21. The molecule has 0 aromatic heterocycles. The van der Waals surface area contributed by atoms with Gasteiger partial charge in [-0.25, -0.2) is 0 Å². The van der Waals surface area contributed by atoms with E-state index < -0.39 is 0 Å². The first-order valence-corrected chi connectivity index (χ1v) is 10.2. The first kappa shape index (κ1) is 19.5. The molecular weight excluding hydrogens is 264 g/mol. The van der Waals surface area contributed by atoms with Crippen LogP contribution in [0.5, 0.6) is 0 Å². The van der Waals surface area contributed by atoms with Crippen molar-refractivity contribution in [1.29, 1.82) is 0 Å². The average molecular weight is 305 g/mol. The van der Waals surface area contributed by atoms with Crippen molar-refractivity contribution in [1.82, 2.24) is 0 Å². The van der Waals surface area contributed by atoms with E-state index in [1.54, 1.807) is 11.1 Å². The van der Waals surface area contributed by atoms with Crippen molar-refractivity contribution in [2.24, 2.45) is 5.92 Å². The van der Waals surface area contributed by atoms with Crippen LogP contribution in [0.1, 0.15) is 111 Å². The molecule has 22 heavy (non-hydrogen) atoms. The number of unbranched alkanes of at least 4 members (excludes halogenated alkanes) is 6. The highest BCUT2D eigenvalue weighted by atomic mass is 14.2. The van der Waals surface area contributed by atoms with Crippen LogP contribution in [0.25, 0.3) is 0 Å². The van der Waals surface area contributed by atoms with Gasteiger partial charge in [0.25, 0.3) is 0 Å². The summed E-state index contributed by atoms with van der Waals surface area (Å²) in [5, 5.41) is 0. The van der Waals surface area contributed by atoms with Crippen molar-refractivity contribution < 1.29 is 0 Å². The summed E-state index contributed by atoms with van der Waals surface area (Å²) in [5.74, 6) is 0.872. The average Bonchev–Trinajstić information content (AvgIpc) is 2.55. The third kappa shape index (κ3) is 8.20. The van der Waals surface area contributed by atoms with Gasteiger partial charge >= 0.3 is 0 Å². The third-order valence-electron chi connectivity index (χ3n) is 5.19. The number of hydrogen-bond acceptors (Lipinski definition) is 0. The van der Waals surface area contributed by atoms with Crippen LogP contribution in [-0.2, 0) is 0 Å². The third-order valence-corrected chi connectivity index (χ3v) is 5.19. The summed E-state index contributed by atoms with van der Waals surface area (Å²) in [6, 6.07) is 0. The van der Waals surface area contributed by atoms with E-state index in [-0.39, 0.29) is 0 Å². The van der Waals surface area contributed by atoms with E-state index in [4.69, 9.17) is 0 Å². The molecule has 1 aliphatic carbocycles. The highest BCUT2D eigenvalue weighted by Gasteiger charge is 2.15. The molecule has 0 spiro atoms. The predicted molar refractivity (Wildman–Crippen MR) is 101 cm³/mol. The smallest absolute Gasteiger partial charge is 0.0200 e. The van der Waals surface area contributed by atoms with Gasteiger partial charge in [-0.05, 0) is 44.4 Å². The number of hydrogen-bond donors (Lipinski definition) is 0. The van der Waals surface area contributed by atoms with Gasteiger partial charge in [0, 0.05) is 0 Å². The Morgan fingerprint density at radius 1 is 0.727 bits per heavy atom. The van der Waals surface area contributed by atoms with Gasteiger partial charge in [-0.1, -0.05) is 95.4 Å². The Labute approximate surface area is 140 Å². The van der Waals surface area contributed by atoms with Crippen LogP contribution in [0.2, 0.25) is 0 Å². The molecule has 0 fully saturated rings. The van der Waals surface area contributed by atoms with E-state index in [2.05, 4.69) is 32.9 Å². The van der Waals surface area contributed by atoms with Crippen LogP contribution >= 0.6 is 0 Å². The van der Waals surface area contributed by atoms with Gasteiger partial charge in [0.15, 0.2) is 0 Å². The Morgan fingerprint density at radius 2 is 1.45 bits per heavy atom. The Balaban J connectivity index is 2.32. The molecule has 1 unspecified atom stereocenters. The highest BCUT2D eigenvalue weighted by Crippen LogP contribution is 2.32. The summed E-state index contributed by atoms with van der Waals surface area (Å²) < 4.78 is 0. The SMILES string of the molecule is CCCCCCCCC1=CC=C(C(CCC)CCCC)CC1. The second-order valence-corrected chi connectivity index (χ2v) is 7.21. The largest absolute Gasteiger partial charge is 0.0699 e. The molecule has 0 heteroatoms. The molecule has 0 bridgehead atoms. The summed E-state index contributed by atoms with van der Waals surface area (Å²) >= 11 is 0. The van der Waals surface area contributed by atoms with Crippen molar-refractivity contribution in [2.75, 3.05) is 0 Å². The second kappa shape index (κ2) is 13.0. The molecule has 0 N–H and O–H groups in total. The Morgan fingerprint density at radius 3 is 2.09 bits per heavy atom. The molecule has 0 aromatic rings. The molecule has 1 rings (SSSR count). The lowest BCUT2D eigenvalue weighted by Crippen LogP contribution is -2.07. The summed E-state index contributed by atoms with van der Waals surface area (Å²) in [6.45, 7) is 6.95. The van der Waals surface area contributed by atoms with Crippen LogP contribution in [0.4, 0.5) is 0 Å². The fourth-order valence-corrected chi connectivity index (χ4v) is 3.69. The molecule has 0 aromatic carbocycles. The van der Waals surface area contributed by atoms with E-state index in [1.165, 1.54) is 89.9 Å². The molecular formula is C22H40. The normalized spacial score (nSPS) is 16.3. The van der Waals surface area contributed by atoms with Crippen LogP contribution in [0.15, 0.2) is 23.3 Å². The van der Waals surface area contributed by atoms with Gasteiger partial charge in [-0.15, -0.1) is 0 Å². The quantitative estimate of drug-likeness (QED) is 0.302. The topological polar surface area (TPSA) is 0 Å². The Bertz CT molecular complexity index is 321. The van der Waals surface area contributed by atoms with Gasteiger partial charge in [0.1, 0.15) is 0 Å². The van der Waals surface area contributed by atoms with Crippen LogP contribution in [-0.4, -0.2) is 0 Å². The summed E-state index contributed by atoms with van der Waals surface area (Å²) in [5.41, 5.74) is 3.46. The highest BCUT2D eigenvalue weighted by molar-refractivity contribution is 5.25. The lowest BCUT2D eigenvalue weighted by Gasteiger charge is -2.23. The first-order chi connectivity index (χ1) is 10.8. The van der Waals surface area contributed by atoms with Crippen molar-refractivity contribution in [3.05, 3.63) is 23.3 Å². The monoisotopic (exact) mass is 304 g/mol. The molecule has 1 aliphatic rings. The van der Waals surface area contributed by atoms with E-state index in [0.29, 0.717) is 0 Å². The zero-order chi connectivity index (χ0) is 16.0. The Hall–Kier alpha value is -0.520. The van der Waals surface area contributed by atoms with E-state index in [0.717, 1.165) is 5.92 Å². The minimum Gasteiger partial charge on any atom is -0.0699 e. The zero-order valence-corrected chi connectivity index (χ0v) is 15.6. The van der Waals surface area contributed by atoms with E-state index >= 15 is 0 Å². The van der Waals surface area contributed by atoms with Crippen LogP contribution in [0, 0.1) is 5.92 Å². The van der Waals surface area contributed by atoms with Gasteiger partial charge in [0.2, 0.25) is 0 Å². The lowest BCUT2D eigenvalue weighted by atomic mass is 9.83. The molecule has 0 heterocycles. The lowest BCUT2D eigenvalue weighted by molar-refractivity contribution is 0.472. The van der Waals surface area contributed by atoms with Crippen molar-refractivity contribution in [2.45, 2.75) is 111 Å². The molecule has 0 radical (unpaired) electrons. The van der Waals surface area contributed by atoms with E-state index in [1.807, 2.05) is 0 Å². The molecule has 128 valence electrons. The first-order valence-electron chi connectivity index (χ1n) is 10.2. The summed E-state index contributed by atoms with van der Waals surface area (Å²) in [7, 11) is 0. The molecule has 1 atom stereocenters. The summed E-state index contributed by atoms with van der Waals surface area (Å²) in [6.07, 6.45) is 24.4. The summed E-state index contributed by atoms with van der Waals surface area (Å²) in [4.78, 5) is 0. The fraction of sp³-hybridized carbons (Fsp3) is 0.818. The van der Waals surface area contributed by atoms with Gasteiger partial charge < -0.3 is 0 Å². The molecule has 0 saturated heterocycles. The predicted octanol–water partition coefficient (Wildman–Crippen LogP) is 7.99. The van der Waals surface area contributed by atoms with Gasteiger partial charge in [-0.3, -0.25) is 0 Å². The van der Waals surface area contributed by atoms with Crippen LogP contribution < -0.4 is 0 Å². The maximum absolute atomic E-state index is 2.49. The maximum Gasteiger partial charge on any atom is -0.0200 e. The number of allylic oxidation sites excluding steroid dienone is 4. The van der Waals surface area contributed by atoms with Crippen LogP contribution in [0.3, 0.4) is 0 Å². The number of rotatable bonds is 13. The molecule has 0 saturated carbocycles. The van der Waals surface area contributed by atoms with Crippen molar-refractivity contribution in [3.8, 4) is 0 Å². The molecule has 0 nitrogen and oxygen atoms in total. The fourth-order valence-electron chi connectivity index (χ4n) is 3.69. The minimum atomic E-state index is 0.872. The van der Waals surface area contributed by atoms with E-state index in [9.17, 15) is 0 Å². The zero-order valence-electron chi connectivity index (χ0n) is 15.6. The van der Waals surface area contributed by atoms with Crippen molar-refractivity contribution in [3.63, 3.8) is 0 Å². The van der Waals surface area contributed by atoms with Crippen molar-refractivity contribution >= 4 is 0 Å².